The Morgan fingerprint density at radius 3 is 2.44 bits per heavy atom. The van der Waals surface area contributed by atoms with Crippen LogP contribution >= 0.6 is 11.6 Å². The van der Waals surface area contributed by atoms with Crippen LogP contribution in [0.1, 0.15) is 62.4 Å². The van der Waals surface area contributed by atoms with Gasteiger partial charge in [-0.2, -0.15) is 10.2 Å². The summed E-state index contributed by atoms with van der Waals surface area (Å²) in [6.45, 7) is 12.9. The molecule has 3 rings (SSSR count). The van der Waals surface area contributed by atoms with Gasteiger partial charge in [-0.1, -0.05) is 11.6 Å². The van der Waals surface area contributed by atoms with Crippen LogP contribution in [-0.4, -0.2) is 42.6 Å². The van der Waals surface area contributed by atoms with Crippen LogP contribution in [0.2, 0.25) is 5.02 Å². The highest BCUT2D eigenvalue weighted by atomic mass is 35.5. The topological polar surface area (TPSA) is 76.8 Å². The zero-order valence-corrected chi connectivity index (χ0v) is 17.7. The molecule has 0 aliphatic carbocycles. The number of aromatic nitrogens is 4. The van der Waals surface area contributed by atoms with Gasteiger partial charge in [-0.15, -0.1) is 0 Å². The number of halogens is 1. The molecule has 0 spiro atoms. The summed E-state index contributed by atoms with van der Waals surface area (Å²) in [6, 6.07) is 1.85. The molecular weight excluding hydrogens is 364 g/mol. The van der Waals surface area contributed by atoms with Crippen molar-refractivity contribution < 1.29 is 4.79 Å². The van der Waals surface area contributed by atoms with Crippen molar-refractivity contribution in [2.45, 2.75) is 78.2 Å². The van der Waals surface area contributed by atoms with E-state index in [1.807, 2.05) is 13.8 Å². The van der Waals surface area contributed by atoms with Gasteiger partial charge in [0, 0.05) is 23.3 Å². The second-order valence-electron chi connectivity index (χ2n) is 8.84. The van der Waals surface area contributed by atoms with Crippen LogP contribution < -0.4 is 10.6 Å². The minimum absolute atomic E-state index is 0.0200. The number of nitrogens with zero attached hydrogens (tertiary/aromatic N) is 4. The Labute approximate surface area is 165 Å². The van der Waals surface area contributed by atoms with Crippen molar-refractivity contribution in [3.8, 4) is 0 Å². The summed E-state index contributed by atoms with van der Waals surface area (Å²) in [5.74, 6) is -0.140. The fourth-order valence-electron chi connectivity index (χ4n) is 4.20. The zero-order chi connectivity index (χ0) is 20.0. The third-order valence-electron chi connectivity index (χ3n) is 4.97. The highest BCUT2D eigenvalue weighted by Crippen LogP contribution is 2.28. The van der Waals surface area contributed by atoms with E-state index in [1.54, 1.807) is 21.6 Å². The first kappa shape index (κ1) is 19.9. The Morgan fingerprint density at radius 1 is 1.26 bits per heavy atom. The van der Waals surface area contributed by atoms with Crippen LogP contribution in [0.3, 0.4) is 0 Å². The molecule has 1 amide bonds. The number of hydrogen-bond acceptors (Lipinski definition) is 4. The van der Waals surface area contributed by atoms with Crippen molar-refractivity contribution in [1.82, 2.24) is 30.2 Å². The van der Waals surface area contributed by atoms with Gasteiger partial charge in [0.25, 0.3) is 5.91 Å². The Kier molecular flexibility index (Phi) is 5.12. The van der Waals surface area contributed by atoms with E-state index in [0.717, 1.165) is 24.2 Å². The average Bonchev–Trinajstić information content (AvgIpc) is 3.06. The maximum Gasteiger partial charge on any atom is 0.271 e. The van der Waals surface area contributed by atoms with E-state index in [-0.39, 0.29) is 23.0 Å². The van der Waals surface area contributed by atoms with Crippen LogP contribution in [0.4, 0.5) is 0 Å². The van der Waals surface area contributed by atoms with E-state index in [1.165, 1.54) is 0 Å². The van der Waals surface area contributed by atoms with Crippen LogP contribution in [0.15, 0.2) is 12.3 Å². The third kappa shape index (κ3) is 4.52. The number of aryl methyl sites for hydroxylation is 1. The predicted octanol–water partition coefficient (Wildman–Crippen LogP) is 2.89. The number of rotatable bonds is 4. The van der Waals surface area contributed by atoms with Gasteiger partial charge in [0.05, 0.1) is 16.4 Å². The molecule has 2 N–H and O–H groups in total. The molecule has 0 aromatic carbocycles. The maximum atomic E-state index is 12.7. The number of piperidine rings is 1. The number of carbonyl (C=O) groups is 1. The Hall–Kier alpha value is -1.86. The van der Waals surface area contributed by atoms with Gasteiger partial charge in [-0.3, -0.25) is 9.48 Å². The third-order valence-corrected chi connectivity index (χ3v) is 5.52. The molecular formula is C19H29ClN6O. The molecule has 0 unspecified atom stereocenters. The van der Waals surface area contributed by atoms with Crippen molar-refractivity contribution in [3.05, 3.63) is 34.4 Å². The summed E-state index contributed by atoms with van der Waals surface area (Å²) < 4.78 is 3.48. The summed E-state index contributed by atoms with van der Waals surface area (Å²) in [6.07, 6.45) is 3.55. The highest BCUT2D eigenvalue weighted by Gasteiger charge is 2.38. The molecule has 1 saturated heterocycles. The van der Waals surface area contributed by atoms with Gasteiger partial charge >= 0.3 is 0 Å². The second kappa shape index (κ2) is 6.95. The molecule has 0 bridgehead atoms. The Balaban J connectivity index is 1.67. The lowest BCUT2D eigenvalue weighted by Gasteiger charge is -2.46. The first-order chi connectivity index (χ1) is 12.5. The first-order valence-corrected chi connectivity index (χ1v) is 9.67. The molecule has 0 radical (unpaired) electrons. The predicted molar refractivity (Wildman–Crippen MR) is 106 cm³/mol. The molecule has 27 heavy (non-hydrogen) atoms. The second-order valence-corrected chi connectivity index (χ2v) is 9.22. The van der Waals surface area contributed by atoms with Crippen molar-refractivity contribution >= 4 is 17.5 Å². The largest absolute Gasteiger partial charge is 0.348 e. The van der Waals surface area contributed by atoms with Crippen LogP contribution in [0.5, 0.6) is 0 Å². The molecule has 1 aliphatic heterocycles. The summed E-state index contributed by atoms with van der Waals surface area (Å²) in [5, 5.41) is 16.2. The standard InChI is InChI=1S/C19H29ClN6O/c1-12-16(20)13(2)26(22-12)11-25-8-7-15(23-25)17(27)21-14-9-18(3,4)24-19(5,6)10-14/h7-8,14,24H,9-11H2,1-6H3,(H,21,27). The zero-order valence-electron chi connectivity index (χ0n) is 16.9. The lowest BCUT2D eigenvalue weighted by Crippen LogP contribution is -2.62. The molecule has 1 fully saturated rings. The van der Waals surface area contributed by atoms with Crippen molar-refractivity contribution in [2.75, 3.05) is 0 Å². The van der Waals surface area contributed by atoms with Crippen molar-refractivity contribution in [3.63, 3.8) is 0 Å². The smallest absolute Gasteiger partial charge is 0.271 e. The highest BCUT2D eigenvalue weighted by molar-refractivity contribution is 6.31. The first-order valence-electron chi connectivity index (χ1n) is 9.29. The summed E-state index contributed by atoms with van der Waals surface area (Å²) >= 11 is 6.19. The molecule has 3 heterocycles. The van der Waals surface area contributed by atoms with Crippen molar-refractivity contribution in [1.29, 1.82) is 0 Å². The quantitative estimate of drug-likeness (QED) is 0.838. The normalized spacial score (nSPS) is 19.2. The van der Waals surface area contributed by atoms with E-state index in [4.69, 9.17) is 11.6 Å². The van der Waals surface area contributed by atoms with Gasteiger partial charge in [-0.25, -0.2) is 4.68 Å². The lowest BCUT2D eigenvalue weighted by atomic mass is 9.79. The van der Waals surface area contributed by atoms with Gasteiger partial charge < -0.3 is 10.6 Å². The molecule has 0 saturated carbocycles. The molecule has 148 valence electrons. The minimum Gasteiger partial charge on any atom is -0.348 e. The van der Waals surface area contributed by atoms with Crippen LogP contribution in [0, 0.1) is 13.8 Å². The van der Waals surface area contributed by atoms with Crippen molar-refractivity contribution in [2.24, 2.45) is 0 Å². The summed E-state index contributed by atoms with van der Waals surface area (Å²) in [4.78, 5) is 12.7. The van der Waals surface area contributed by atoms with Gasteiger partial charge in [0.2, 0.25) is 0 Å². The van der Waals surface area contributed by atoms with E-state index < -0.39 is 0 Å². The van der Waals surface area contributed by atoms with Gasteiger partial charge in [0.1, 0.15) is 12.4 Å². The monoisotopic (exact) mass is 392 g/mol. The van der Waals surface area contributed by atoms with E-state index >= 15 is 0 Å². The molecule has 8 heteroatoms. The average molecular weight is 393 g/mol. The van der Waals surface area contributed by atoms with E-state index in [0.29, 0.717) is 17.4 Å². The minimum atomic E-state index is -0.140. The number of carbonyl (C=O) groups excluding carboxylic acids is 1. The fraction of sp³-hybridized carbons (Fsp3) is 0.632. The van der Waals surface area contributed by atoms with Gasteiger partial charge in [-0.05, 0) is 60.5 Å². The summed E-state index contributed by atoms with van der Waals surface area (Å²) in [5.41, 5.74) is 2.05. The number of nitrogens with one attached hydrogen (secondary N) is 2. The van der Waals surface area contributed by atoms with Crippen LogP contribution in [-0.2, 0) is 6.67 Å². The van der Waals surface area contributed by atoms with Gasteiger partial charge in [0.15, 0.2) is 0 Å². The maximum absolute atomic E-state index is 12.7. The number of hydrogen-bond donors (Lipinski definition) is 2. The SMILES string of the molecule is Cc1nn(Cn2ccc(C(=O)NC3CC(C)(C)NC(C)(C)C3)n2)c(C)c1Cl. The lowest BCUT2D eigenvalue weighted by molar-refractivity contribution is 0.0867. The van der Waals surface area contributed by atoms with E-state index in [9.17, 15) is 4.79 Å². The fourth-order valence-corrected chi connectivity index (χ4v) is 4.33. The molecule has 2 aromatic rings. The molecule has 1 aliphatic rings. The Morgan fingerprint density at radius 2 is 1.89 bits per heavy atom. The Bertz CT molecular complexity index is 835. The molecule has 7 nitrogen and oxygen atoms in total. The molecule has 0 atom stereocenters. The summed E-state index contributed by atoms with van der Waals surface area (Å²) in [7, 11) is 0. The number of amides is 1. The van der Waals surface area contributed by atoms with Crippen LogP contribution in [0.25, 0.3) is 0 Å². The van der Waals surface area contributed by atoms with E-state index in [2.05, 4.69) is 48.5 Å². The molecule has 2 aromatic heterocycles.